The molecule has 0 aliphatic rings. The fourth-order valence-electron chi connectivity index (χ4n) is 2.81. The number of pyridine rings is 1. The summed E-state index contributed by atoms with van der Waals surface area (Å²) in [4.78, 5) is 25.0. The summed E-state index contributed by atoms with van der Waals surface area (Å²) in [6.07, 6.45) is 0. The van der Waals surface area contributed by atoms with Crippen LogP contribution in [0.2, 0.25) is 5.02 Å². The molecule has 1 aromatic carbocycles. The minimum Gasteiger partial charge on any atom is -0.494 e. The number of nitriles is 1. The van der Waals surface area contributed by atoms with E-state index in [0.717, 1.165) is 4.57 Å². The molecule has 0 atom stereocenters. The zero-order chi connectivity index (χ0) is 18.5. The van der Waals surface area contributed by atoms with E-state index in [-0.39, 0.29) is 22.5 Å². The van der Waals surface area contributed by atoms with Crippen molar-refractivity contribution < 1.29 is 14.3 Å². The van der Waals surface area contributed by atoms with Crippen molar-refractivity contribution in [3.05, 3.63) is 61.6 Å². The van der Waals surface area contributed by atoms with E-state index in [4.69, 9.17) is 16.0 Å². The molecule has 0 fully saturated rings. The second-order valence-electron chi connectivity index (χ2n) is 5.70. The molecule has 7 heteroatoms. The summed E-state index contributed by atoms with van der Waals surface area (Å²) >= 11 is 5.98. The third-order valence-corrected chi connectivity index (χ3v) is 4.49. The molecule has 0 aliphatic heterocycles. The Morgan fingerprint density at radius 1 is 1.32 bits per heavy atom. The summed E-state index contributed by atoms with van der Waals surface area (Å²) in [7, 11) is 1.29. The van der Waals surface area contributed by atoms with Crippen molar-refractivity contribution >= 4 is 28.4 Å². The Kier molecular flexibility index (Phi) is 3.90. The minimum absolute atomic E-state index is 0.0261. The molecular formula is C18H13ClN2O4. The highest BCUT2D eigenvalue weighted by Gasteiger charge is 2.27. The first-order valence-corrected chi connectivity index (χ1v) is 7.71. The van der Waals surface area contributed by atoms with Crippen molar-refractivity contribution in [2.75, 3.05) is 0 Å². The van der Waals surface area contributed by atoms with E-state index >= 15 is 0 Å². The van der Waals surface area contributed by atoms with Gasteiger partial charge in [-0.1, -0.05) is 11.6 Å². The Hall–Kier alpha value is -3.04. The molecule has 126 valence electrons. The molecule has 0 saturated heterocycles. The van der Waals surface area contributed by atoms with Gasteiger partial charge in [-0.05, 0) is 37.6 Å². The van der Waals surface area contributed by atoms with Gasteiger partial charge in [0, 0.05) is 23.0 Å². The topological polar surface area (TPSA) is 96.2 Å². The summed E-state index contributed by atoms with van der Waals surface area (Å²) in [5.74, 6) is -1.09. The molecule has 0 saturated carbocycles. The van der Waals surface area contributed by atoms with Crippen LogP contribution in [0.4, 0.5) is 0 Å². The normalized spacial score (nSPS) is 10.8. The Labute approximate surface area is 147 Å². The van der Waals surface area contributed by atoms with Crippen molar-refractivity contribution in [2.45, 2.75) is 13.8 Å². The van der Waals surface area contributed by atoms with E-state index in [1.807, 2.05) is 0 Å². The second kappa shape index (κ2) is 5.80. The summed E-state index contributed by atoms with van der Waals surface area (Å²) in [6, 6.07) is 6.75. The van der Waals surface area contributed by atoms with Crippen LogP contribution in [-0.2, 0) is 7.05 Å². The first kappa shape index (κ1) is 16.8. The molecule has 3 aromatic rings. The van der Waals surface area contributed by atoms with Crippen LogP contribution in [0.25, 0.3) is 11.0 Å². The largest absolute Gasteiger partial charge is 0.494 e. The highest BCUT2D eigenvalue weighted by atomic mass is 35.5. The van der Waals surface area contributed by atoms with Crippen LogP contribution in [0, 0.1) is 25.2 Å². The summed E-state index contributed by atoms with van der Waals surface area (Å²) in [5, 5.41) is 20.7. The first-order chi connectivity index (χ1) is 11.8. The third-order valence-electron chi connectivity index (χ3n) is 4.25. The van der Waals surface area contributed by atoms with Crippen LogP contribution >= 0.6 is 11.6 Å². The molecule has 1 N–H and O–H groups in total. The average Bonchev–Trinajstić information content (AvgIpc) is 2.90. The van der Waals surface area contributed by atoms with Gasteiger partial charge in [-0.2, -0.15) is 5.26 Å². The molecule has 0 spiro atoms. The third kappa shape index (κ3) is 2.41. The van der Waals surface area contributed by atoms with Crippen LogP contribution in [0.15, 0.2) is 27.4 Å². The Morgan fingerprint density at radius 2 is 2.00 bits per heavy atom. The molecule has 0 radical (unpaired) electrons. The van der Waals surface area contributed by atoms with Gasteiger partial charge in [0.2, 0.25) is 11.7 Å². The highest BCUT2D eigenvalue weighted by Crippen LogP contribution is 2.32. The summed E-state index contributed by atoms with van der Waals surface area (Å²) < 4.78 is 6.50. The maximum Gasteiger partial charge on any atom is 0.271 e. The van der Waals surface area contributed by atoms with Gasteiger partial charge in [-0.3, -0.25) is 14.2 Å². The molecule has 0 bridgehead atoms. The Morgan fingerprint density at radius 3 is 2.64 bits per heavy atom. The van der Waals surface area contributed by atoms with E-state index in [1.54, 1.807) is 31.2 Å². The number of aromatic nitrogens is 1. The van der Waals surface area contributed by atoms with Gasteiger partial charge in [0.05, 0.1) is 5.56 Å². The van der Waals surface area contributed by atoms with Crippen LogP contribution < -0.4 is 5.56 Å². The van der Waals surface area contributed by atoms with E-state index < -0.39 is 17.2 Å². The quantitative estimate of drug-likeness (QED) is 0.711. The lowest BCUT2D eigenvalue weighted by Gasteiger charge is -2.11. The molecule has 2 aromatic heterocycles. The zero-order valence-electron chi connectivity index (χ0n) is 13.7. The summed E-state index contributed by atoms with van der Waals surface area (Å²) in [6.45, 7) is 3.15. The van der Waals surface area contributed by atoms with E-state index in [2.05, 4.69) is 0 Å². The minimum atomic E-state index is -0.665. The number of ketones is 1. The van der Waals surface area contributed by atoms with Crippen molar-refractivity contribution in [1.29, 1.82) is 5.26 Å². The van der Waals surface area contributed by atoms with Crippen molar-refractivity contribution in [3.63, 3.8) is 0 Å². The van der Waals surface area contributed by atoms with Crippen LogP contribution in [0.3, 0.4) is 0 Å². The summed E-state index contributed by atoms with van der Waals surface area (Å²) in [5.41, 5.74) is 0.168. The molecule has 0 amide bonds. The van der Waals surface area contributed by atoms with Gasteiger partial charge in [-0.15, -0.1) is 0 Å². The van der Waals surface area contributed by atoms with Crippen LogP contribution in [0.1, 0.15) is 32.8 Å². The second-order valence-corrected chi connectivity index (χ2v) is 6.14. The fraction of sp³-hybridized carbons (Fsp3) is 0.167. The smallest absolute Gasteiger partial charge is 0.271 e. The van der Waals surface area contributed by atoms with E-state index in [1.165, 1.54) is 14.0 Å². The standard InChI is InChI=1S/C18H13ClN2O4/c1-8-12(7-20)17(23)21(3)18(24)14(8)15(22)16-9(2)11-6-10(19)4-5-13(11)25-16/h4-6,24H,1-3H3. The molecule has 3 rings (SSSR count). The lowest BCUT2D eigenvalue weighted by Crippen LogP contribution is -2.24. The van der Waals surface area contributed by atoms with Crippen molar-refractivity contribution in [3.8, 4) is 11.9 Å². The van der Waals surface area contributed by atoms with Crippen molar-refractivity contribution in [1.82, 2.24) is 4.57 Å². The van der Waals surface area contributed by atoms with E-state index in [0.29, 0.717) is 21.6 Å². The maximum absolute atomic E-state index is 13.0. The maximum atomic E-state index is 13.0. The number of halogens is 1. The number of rotatable bonds is 2. The predicted molar refractivity (Wildman–Crippen MR) is 92.2 cm³/mol. The molecule has 6 nitrogen and oxygen atoms in total. The number of fused-ring (bicyclic) bond motifs is 1. The Balaban J connectivity index is 2.31. The molecule has 0 aliphatic carbocycles. The van der Waals surface area contributed by atoms with Crippen LogP contribution in [-0.4, -0.2) is 15.5 Å². The fourth-order valence-corrected chi connectivity index (χ4v) is 2.98. The SMILES string of the molecule is Cc1c(C(=O)c2oc3ccc(Cl)cc3c2C)c(O)n(C)c(=O)c1C#N. The Bertz CT molecular complexity index is 1150. The molecule has 0 unspecified atom stereocenters. The number of carbonyl (C=O) groups excluding carboxylic acids is 1. The molecule has 25 heavy (non-hydrogen) atoms. The zero-order valence-corrected chi connectivity index (χ0v) is 14.4. The molecule has 2 heterocycles. The number of nitrogens with zero attached hydrogens (tertiary/aromatic N) is 2. The van der Waals surface area contributed by atoms with Gasteiger partial charge >= 0.3 is 0 Å². The number of benzene rings is 1. The number of carbonyl (C=O) groups is 1. The van der Waals surface area contributed by atoms with Gasteiger partial charge in [0.25, 0.3) is 5.56 Å². The predicted octanol–water partition coefficient (Wildman–Crippen LogP) is 3.21. The first-order valence-electron chi connectivity index (χ1n) is 7.34. The van der Waals surface area contributed by atoms with Gasteiger partial charge in [0.15, 0.2) is 5.76 Å². The van der Waals surface area contributed by atoms with Gasteiger partial charge in [0.1, 0.15) is 17.2 Å². The average molecular weight is 357 g/mol. The number of aryl methyl sites for hydroxylation is 1. The van der Waals surface area contributed by atoms with E-state index in [9.17, 15) is 20.0 Å². The molecular weight excluding hydrogens is 344 g/mol. The van der Waals surface area contributed by atoms with Crippen molar-refractivity contribution in [2.24, 2.45) is 7.05 Å². The lowest BCUT2D eigenvalue weighted by molar-refractivity contribution is 0.101. The number of hydrogen-bond donors (Lipinski definition) is 1. The monoisotopic (exact) mass is 356 g/mol. The van der Waals surface area contributed by atoms with Gasteiger partial charge < -0.3 is 9.52 Å². The number of furan rings is 1. The number of hydrogen-bond acceptors (Lipinski definition) is 5. The highest BCUT2D eigenvalue weighted by molar-refractivity contribution is 6.31. The number of aromatic hydroxyl groups is 1. The van der Waals surface area contributed by atoms with Crippen LogP contribution in [0.5, 0.6) is 5.88 Å². The van der Waals surface area contributed by atoms with Gasteiger partial charge in [-0.25, -0.2) is 0 Å². The lowest BCUT2D eigenvalue weighted by atomic mass is 9.98.